The number of aromatic nitrogens is 4. The van der Waals surface area contributed by atoms with Crippen molar-refractivity contribution >= 4 is 0 Å². The first-order valence-electron chi connectivity index (χ1n) is 7.89. The lowest BCUT2D eigenvalue weighted by Crippen LogP contribution is -2.26. The van der Waals surface area contributed by atoms with Crippen molar-refractivity contribution in [3.63, 3.8) is 0 Å². The molecule has 0 bridgehead atoms. The van der Waals surface area contributed by atoms with E-state index in [1.165, 1.54) is 36.7 Å². The van der Waals surface area contributed by atoms with Crippen LogP contribution in [-0.2, 0) is 0 Å². The van der Waals surface area contributed by atoms with Gasteiger partial charge < -0.3 is 9.84 Å². The molecule has 0 spiro atoms. The van der Waals surface area contributed by atoms with Crippen molar-refractivity contribution in [2.24, 2.45) is 0 Å². The Morgan fingerprint density at radius 2 is 1.68 bits per heavy atom. The number of hydrogen-bond acceptors (Lipinski definition) is 5. The van der Waals surface area contributed by atoms with Crippen LogP contribution in [0.3, 0.4) is 0 Å². The van der Waals surface area contributed by atoms with Crippen molar-refractivity contribution in [3.05, 3.63) is 60.7 Å². The Morgan fingerprint density at radius 3 is 2.21 bits per heavy atom. The fourth-order valence-electron chi connectivity index (χ4n) is 2.41. The Hall–Kier alpha value is -3.08. The van der Waals surface area contributed by atoms with Gasteiger partial charge in [-0.1, -0.05) is 23.4 Å². The minimum absolute atomic E-state index is 0.212. The molecule has 3 aromatic rings. The van der Waals surface area contributed by atoms with Crippen LogP contribution in [0.15, 0.2) is 55.0 Å². The summed E-state index contributed by atoms with van der Waals surface area (Å²) in [4.78, 5) is 3.86. The first-order chi connectivity index (χ1) is 13.2. The first kappa shape index (κ1) is 19.7. The van der Waals surface area contributed by atoms with Crippen molar-refractivity contribution in [1.82, 2.24) is 20.0 Å². The van der Waals surface area contributed by atoms with E-state index in [1.54, 1.807) is 0 Å². The zero-order valence-electron chi connectivity index (χ0n) is 14.0. The Morgan fingerprint density at radius 1 is 1.00 bits per heavy atom. The largest absolute Gasteiger partial charge is 0.573 e. The summed E-state index contributed by atoms with van der Waals surface area (Å²) in [6.07, 6.45) is -7.54. The summed E-state index contributed by atoms with van der Waals surface area (Å²) in [5.74, 6) is -0.380. The van der Waals surface area contributed by atoms with Gasteiger partial charge in [0.1, 0.15) is 11.9 Å². The minimum atomic E-state index is -4.79. The van der Waals surface area contributed by atoms with Gasteiger partial charge in [0, 0.05) is 18.0 Å². The van der Waals surface area contributed by atoms with Crippen LogP contribution in [-0.4, -0.2) is 37.6 Å². The highest BCUT2D eigenvalue weighted by atomic mass is 19.4. The van der Waals surface area contributed by atoms with E-state index in [9.17, 15) is 27.1 Å². The number of ether oxygens (including phenoxy) is 1. The maximum absolute atomic E-state index is 14.4. The van der Waals surface area contributed by atoms with Crippen LogP contribution in [0.2, 0.25) is 0 Å². The van der Waals surface area contributed by atoms with Gasteiger partial charge in [-0.05, 0) is 23.8 Å². The van der Waals surface area contributed by atoms with Crippen LogP contribution in [0.5, 0.6) is 5.75 Å². The predicted octanol–water partition coefficient (Wildman–Crippen LogP) is 3.78. The molecule has 1 aromatic carbocycles. The third-order valence-electron chi connectivity index (χ3n) is 3.77. The van der Waals surface area contributed by atoms with Gasteiger partial charge in [0.2, 0.25) is 6.30 Å². The van der Waals surface area contributed by atoms with E-state index in [0.717, 1.165) is 18.3 Å². The van der Waals surface area contributed by atoms with Crippen molar-refractivity contribution in [3.8, 4) is 16.9 Å². The standard InChI is InChI=1S/C17H13F5N4O2/c18-14(15(27)16(19)26-8-7-24-25-26)13-6-3-11(9-23-13)10-1-4-12(5-2-10)28-17(20,21)22/h1-9,14-16,27H. The molecule has 0 saturated carbocycles. The molecule has 0 fully saturated rings. The molecule has 0 saturated heterocycles. The average Bonchev–Trinajstić information content (AvgIpc) is 3.20. The smallest absolute Gasteiger partial charge is 0.406 e. The van der Waals surface area contributed by atoms with Crippen molar-refractivity contribution in [1.29, 1.82) is 0 Å². The third-order valence-corrected chi connectivity index (χ3v) is 3.77. The lowest BCUT2D eigenvalue weighted by atomic mass is 10.1. The van der Waals surface area contributed by atoms with Crippen LogP contribution in [0.1, 0.15) is 18.2 Å². The first-order valence-corrected chi connectivity index (χ1v) is 7.89. The van der Waals surface area contributed by atoms with Crippen LogP contribution in [0, 0.1) is 0 Å². The Kier molecular flexibility index (Phi) is 5.54. The molecule has 0 aliphatic carbocycles. The Balaban J connectivity index is 1.70. The van der Waals surface area contributed by atoms with E-state index >= 15 is 0 Å². The van der Waals surface area contributed by atoms with E-state index in [1.807, 2.05) is 0 Å². The van der Waals surface area contributed by atoms with Gasteiger partial charge in [0.05, 0.1) is 11.9 Å². The number of nitrogens with zero attached hydrogens (tertiary/aromatic N) is 4. The van der Waals surface area contributed by atoms with Crippen LogP contribution in [0.25, 0.3) is 11.1 Å². The van der Waals surface area contributed by atoms with Gasteiger partial charge in [-0.2, -0.15) is 0 Å². The van der Waals surface area contributed by atoms with Crippen LogP contribution >= 0.6 is 0 Å². The molecule has 148 valence electrons. The lowest BCUT2D eigenvalue weighted by molar-refractivity contribution is -0.274. The third kappa shape index (κ3) is 4.60. The van der Waals surface area contributed by atoms with Crippen molar-refractivity contribution in [2.75, 3.05) is 0 Å². The summed E-state index contributed by atoms with van der Waals surface area (Å²) in [5.41, 5.74) is 0.781. The highest BCUT2D eigenvalue weighted by molar-refractivity contribution is 5.63. The molecule has 6 nitrogen and oxygen atoms in total. The second-order valence-electron chi connectivity index (χ2n) is 5.69. The molecule has 1 N–H and O–H groups in total. The summed E-state index contributed by atoms with van der Waals surface area (Å²) in [7, 11) is 0. The zero-order chi connectivity index (χ0) is 20.3. The highest BCUT2D eigenvalue weighted by Crippen LogP contribution is 2.30. The molecule has 3 atom stereocenters. The number of aliphatic hydroxyl groups is 1. The molecule has 11 heteroatoms. The van der Waals surface area contributed by atoms with Crippen LogP contribution in [0.4, 0.5) is 22.0 Å². The van der Waals surface area contributed by atoms with Crippen molar-refractivity contribution in [2.45, 2.75) is 24.9 Å². The minimum Gasteiger partial charge on any atom is -0.406 e. The van der Waals surface area contributed by atoms with Gasteiger partial charge in [0.25, 0.3) is 0 Å². The number of aliphatic hydroxyl groups excluding tert-OH is 1. The molecule has 0 aliphatic heterocycles. The second-order valence-corrected chi connectivity index (χ2v) is 5.69. The van der Waals surface area contributed by atoms with E-state index in [-0.39, 0.29) is 11.4 Å². The lowest BCUT2D eigenvalue weighted by Gasteiger charge is -2.19. The molecular formula is C17H13F5N4O2. The number of halogens is 5. The molecule has 0 radical (unpaired) electrons. The quantitative estimate of drug-likeness (QED) is 0.638. The van der Waals surface area contributed by atoms with E-state index in [0.29, 0.717) is 15.8 Å². The summed E-state index contributed by atoms with van der Waals surface area (Å²) < 4.78 is 69.4. The van der Waals surface area contributed by atoms with Gasteiger partial charge in [-0.15, -0.1) is 18.3 Å². The summed E-state index contributed by atoms with van der Waals surface area (Å²) in [6.45, 7) is 0. The molecule has 28 heavy (non-hydrogen) atoms. The monoisotopic (exact) mass is 400 g/mol. The summed E-state index contributed by atoms with van der Waals surface area (Å²) >= 11 is 0. The fourth-order valence-corrected chi connectivity index (χ4v) is 2.41. The SMILES string of the molecule is OC(C(F)c1ccc(-c2ccc(OC(F)(F)F)cc2)cn1)C(F)n1ccnn1. The van der Waals surface area contributed by atoms with Gasteiger partial charge in [-0.25, -0.2) is 13.5 Å². The van der Waals surface area contributed by atoms with Gasteiger partial charge >= 0.3 is 6.36 Å². The number of pyridine rings is 1. The highest BCUT2D eigenvalue weighted by Gasteiger charge is 2.32. The number of rotatable bonds is 6. The molecule has 0 amide bonds. The Bertz CT molecular complexity index is 885. The molecule has 3 unspecified atom stereocenters. The predicted molar refractivity (Wildman–Crippen MR) is 86.4 cm³/mol. The molecule has 2 aromatic heterocycles. The Labute approximate surface area is 155 Å². The summed E-state index contributed by atoms with van der Waals surface area (Å²) in [6, 6.07) is 7.71. The molecular weight excluding hydrogens is 387 g/mol. The maximum Gasteiger partial charge on any atom is 0.573 e. The van der Waals surface area contributed by atoms with E-state index in [4.69, 9.17) is 0 Å². The van der Waals surface area contributed by atoms with E-state index < -0.39 is 24.9 Å². The molecule has 2 heterocycles. The second kappa shape index (κ2) is 7.89. The number of hydrogen-bond donors (Lipinski definition) is 1. The summed E-state index contributed by atoms with van der Waals surface area (Å²) in [5, 5.41) is 16.6. The van der Waals surface area contributed by atoms with E-state index in [2.05, 4.69) is 20.0 Å². The fraction of sp³-hybridized carbons (Fsp3) is 0.235. The van der Waals surface area contributed by atoms with Gasteiger partial charge in [-0.3, -0.25) is 4.98 Å². The molecule has 0 aliphatic rings. The maximum atomic E-state index is 14.4. The molecule has 3 rings (SSSR count). The normalized spacial score (nSPS) is 15.1. The number of benzene rings is 1. The van der Waals surface area contributed by atoms with Gasteiger partial charge in [0.15, 0.2) is 6.17 Å². The zero-order valence-corrected chi connectivity index (χ0v) is 14.0. The average molecular weight is 400 g/mol. The number of alkyl halides is 5. The van der Waals surface area contributed by atoms with Crippen LogP contribution < -0.4 is 4.74 Å². The topological polar surface area (TPSA) is 73.1 Å². The van der Waals surface area contributed by atoms with Crippen molar-refractivity contribution < 1.29 is 31.8 Å².